The summed E-state index contributed by atoms with van der Waals surface area (Å²) >= 11 is 0. The van der Waals surface area contributed by atoms with Gasteiger partial charge in [-0.25, -0.2) is 9.18 Å². The molecule has 5 rings (SSSR count). The van der Waals surface area contributed by atoms with Gasteiger partial charge >= 0.3 is 6.03 Å². The van der Waals surface area contributed by atoms with Gasteiger partial charge in [-0.3, -0.25) is 4.90 Å². The Bertz CT molecular complexity index is 1410. The Labute approximate surface area is 208 Å². The van der Waals surface area contributed by atoms with E-state index >= 15 is 0 Å². The molecular formula is C28H25FN4O3. The van der Waals surface area contributed by atoms with Crippen LogP contribution in [0.2, 0.25) is 0 Å². The maximum atomic E-state index is 13.7. The Morgan fingerprint density at radius 3 is 2.36 bits per heavy atom. The molecule has 1 aromatic heterocycles. The van der Waals surface area contributed by atoms with Gasteiger partial charge in [-0.1, -0.05) is 48.5 Å². The fourth-order valence-corrected chi connectivity index (χ4v) is 4.31. The molecule has 0 spiro atoms. The number of hydrogen-bond acceptors (Lipinski definition) is 5. The number of carbonyl (C=O) groups is 1. The van der Waals surface area contributed by atoms with Crippen molar-refractivity contribution >= 4 is 17.3 Å². The van der Waals surface area contributed by atoms with E-state index in [0.29, 0.717) is 34.1 Å². The summed E-state index contributed by atoms with van der Waals surface area (Å²) in [6.45, 7) is 3.92. The summed E-state index contributed by atoms with van der Waals surface area (Å²) in [7, 11) is 1.59. The average molecular weight is 485 g/mol. The van der Waals surface area contributed by atoms with Gasteiger partial charge in [-0.15, -0.1) is 0 Å². The number of aromatic nitrogens is 2. The lowest BCUT2D eigenvalue weighted by molar-refractivity contribution is 0.244. The van der Waals surface area contributed by atoms with E-state index in [-0.39, 0.29) is 17.7 Å². The standard InChI is InChI=1S/C28H25FN4O3/c1-4-18-5-7-20(8-6-18)26-31-27(36-32-26)24-17(2)33(22-13-15-23(35-3)16-14-22)28(34)30-25(24)19-9-11-21(29)12-10-19/h5-16,25H,4H2,1-3H3,(H,30,34). The number of halogens is 1. The predicted molar refractivity (Wildman–Crippen MR) is 135 cm³/mol. The van der Waals surface area contributed by atoms with Crippen LogP contribution in [-0.2, 0) is 6.42 Å². The summed E-state index contributed by atoms with van der Waals surface area (Å²) in [5.74, 6) is 1.03. The number of carbonyl (C=O) groups excluding carboxylic acids is 1. The van der Waals surface area contributed by atoms with E-state index in [1.807, 2.05) is 31.2 Å². The molecule has 0 bridgehead atoms. The SMILES string of the molecule is CCc1ccc(-c2noc(C3=C(C)N(c4ccc(OC)cc4)C(=O)NC3c3ccc(F)cc3)n2)cc1. The molecule has 0 radical (unpaired) electrons. The summed E-state index contributed by atoms with van der Waals surface area (Å²) in [5, 5.41) is 7.23. The third kappa shape index (κ3) is 4.33. The largest absolute Gasteiger partial charge is 0.497 e. The van der Waals surface area contributed by atoms with Crippen LogP contribution in [0.25, 0.3) is 17.0 Å². The number of urea groups is 1. The second kappa shape index (κ2) is 9.65. The topological polar surface area (TPSA) is 80.5 Å². The highest BCUT2D eigenvalue weighted by molar-refractivity contribution is 6.01. The summed E-state index contributed by atoms with van der Waals surface area (Å²) in [6, 6.07) is 20.2. The van der Waals surface area contributed by atoms with E-state index in [1.54, 1.807) is 48.4 Å². The van der Waals surface area contributed by atoms with Crippen LogP contribution in [0.1, 0.15) is 36.9 Å². The maximum absolute atomic E-state index is 13.7. The van der Waals surface area contributed by atoms with Crippen LogP contribution in [0.5, 0.6) is 5.75 Å². The van der Waals surface area contributed by atoms with Crippen molar-refractivity contribution in [3.05, 3.63) is 101 Å². The first-order chi connectivity index (χ1) is 17.5. The van der Waals surface area contributed by atoms with Gasteiger partial charge in [0.15, 0.2) is 0 Å². The number of nitrogens with zero attached hydrogens (tertiary/aromatic N) is 3. The number of benzene rings is 3. The molecular weight excluding hydrogens is 459 g/mol. The lowest BCUT2D eigenvalue weighted by atomic mass is 9.94. The number of allylic oxidation sites excluding steroid dienone is 1. The number of aryl methyl sites for hydroxylation is 1. The molecule has 0 fully saturated rings. The number of rotatable bonds is 6. The van der Waals surface area contributed by atoms with Gasteiger partial charge in [-0.2, -0.15) is 4.98 Å². The molecule has 1 atom stereocenters. The highest BCUT2D eigenvalue weighted by Gasteiger charge is 2.36. The Hall–Kier alpha value is -4.46. The van der Waals surface area contributed by atoms with Gasteiger partial charge in [0.2, 0.25) is 5.82 Å². The molecule has 0 saturated heterocycles. The molecule has 4 aromatic rings. The van der Waals surface area contributed by atoms with E-state index in [0.717, 1.165) is 12.0 Å². The molecule has 7 nitrogen and oxygen atoms in total. The summed E-state index contributed by atoms with van der Waals surface area (Å²) in [6.07, 6.45) is 0.935. The minimum Gasteiger partial charge on any atom is -0.497 e. The molecule has 0 aliphatic carbocycles. The Balaban J connectivity index is 1.61. The predicted octanol–water partition coefficient (Wildman–Crippen LogP) is 6.15. The smallest absolute Gasteiger partial charge is 0.326 e. The van der Waals surface area contributed by atoms with Crippen LogP contribution in [-0.4, -0.2) is 23.3 Å². The Kier molecular flexibility index (Phi) is 6.25. The molecule has 0 saturated carbocycles. The van der Waals surface area contributed by atoms with Crippen molar-refractivity contribution in [1.29, 1.82) is 0 Å². The Morgan fingerprint density at radius 1 is 1.03 bits per heavy atom. The minimum atomic E-state index is -0.608. The molecule has 3 aromatic carbocycles. The lowest BCUT2D eigenvalue weighted by Gasteiger charge is -2.35. The second-order valence-electron chi connectivity index (χ2n) is 8.44. The fraction of sp³-hybridized carbons (Fsp3) is 0.179. The van der Waals surface area contributed by atoms with E-state index < -0.39 is 6.04 Å². The van der Waals surface area contributed by atoms with E-state index in [4.69, 9.17) is 9.26 Å². The number of anilines is 1. The van der Waals surface area contributed by atoms with Crippen LogP contribution in [0.3, 0.4) is 0 Å². The van der Waals surface area contributed by atoms with Crippen molar-refractivity contribution in [1.82, 2.24) is 15.5 Å². The number of amides is 2. The molecule has 1 aliphatic heterocycles. The maximum Gasteiger partial charge on any atom is 0.326 e. The quantitative estimate of drug-likeness (QED) is 0.355. The van der Waals surface area contributed by atoms with Crippen LogP contribution in [0.15, 0.2) is 83.0 Å². The normalized spacial score (nSPS) is 15.7. The van der Waals surface area contributed by atoms with Crippen LogP contribution >= 0.6 is 0 Å². The monoisotopic (exact) mass is 484 g/mol. The molecule has 1 N–H and O–H groups in total. The second-order valence-corrected chi connectivity index (χ2v) is 8.44. The van der Waals surface area contributed by atoms with Crippen molar-refractivity contribution in [3.8, 4) is 17.1 Å². The van der Waals surface area contributed by atoms with Crippen molar-refractivity contribution < 1.29 is 18.4 Å². The molecule has 182 valence electrons. The van der Waals surface area contributed by atoms with Gasteiger partial charge in [0.25, 0.3) is 5.89 Å². The molecule has 36 heavy (non-hydrogen) atoms. The summed E-state index contributed by atoms with van der Waals surface area (Å²) in [5.41, 5.74) is 4.63. The van der Waals surface area contributed by atoms with Crippen molar-refractivity contribution in [2.75, 3.05) is 12.0 Å². The molecule has 8 heteroatoms. The van der Waals surface area contributed by atoms with Crippen LogP contribution in [0.4, 0.5) is 14.9 Å². The van der Waals surface area contributed by atoms with E-state index in [2.05, 4.69) is 22.4 Å². The highest BCUT2D eigenvalue weighted by atomic mass is 19.1. The molecule has 2 heterocycles. The summed E-state index contributed by atoms with van der Waals surface area (Å²) < 4.78 is 24.6. The molecule has 1 aliphatic rings. The minimum absolute atomic E-state index is 0.273. The number of hydrogen-bond donors (Lipinski definition) is 1. The average Bonchev–Trinajstić information content (AvgIpc) is 3.39. The zero-order valence-electron chi connectivity index (χ0n) is 20.2. The van der Waals surface area contributed by atoms with Gasteiger partial charge in [0.05, 0.1) is 24.4 Å². The summed E-state index contributed by atoms with van der Waals surface area (Å²) in [4.78, 5) is 19.5. The van der Waals surface area contributed by atoms with Gasteiger partial charge in [0, 0.05) is 11.3 Å². The van der Waals surface area contributed by atoms with Gasteiger partial charge in [0.1, 0.15) is 11.6 Å². The number of ether oxygens (including phenoxy) is 1. The first kappa shape index (κ1) is 23.3. The van der Waals surface area contributed by atoms with E-state index in [9.17, 15) is 9.18 Å². The lowest BCUT2D eigenvalue weighted by Crippen LogP contribution is -2.46. The Morgan fingerprint density at radius 2 is 1.72 bits per heavy atom. The number of methoxy groups -OCH3 is 1. The van der Waals surface area contributed by atoms with Crippen LogP contribution < -0.4 is 15.0 Å². The zero-order chi connectivity index (χ0) is 25.2. The first-order valence-corrected chi connectivity index (χ1v) is 11.6. The first-order valence-electron chi connectivity index (χ1n) is 11.6. The van der Waals surface area contributed by atoms with Crippen molar-refractivity contribution in [3.63, 3.8) is 0 Å². The molecule has 2 amide bonds. The van der Waals surface area contributed by atoms with Crippen molar-refractivity contribution in [2.45, 2.75) is 26.3 Å². The highest BCUT2D eigenvalue weighted by Crippen LogP contribution is 2.39. The van der Waals surface area contributed by atoms with Crippen molar-refractivity contribution in [2.24, 2.45) is 0 Å². The fourth-order valence-electron chi connectivity index (χ4n) is 4.31. The van der Waals surface area contributed by atoms with Crippen LogP contribution in [0, 0.1) is 5.82 Å². The van der Waals surface area contributed by atoms with Gasteiger partial charge in [-0.05, 0) is 60.9 Å². The zero-order valence-corrected chi connectivity index (χ0v) is 20.2. The number of nitrogens with one attached hydrogen (secondary N) is 1. The van der Waals surface area contributed by atoms with E-state index in [1.165, 1.54) is 17.7 Å². The third-order valence-electron chi connectivity index (χ3n) is 6.30. The third-order valence-corrected chi connectivity index (χ3v) is 6.30. The van der Waals surface area contributed by atoms with Gasteiger partial charge < -0.3 is 14.6 Å². The molecule has 1 unspecified atom stereocenters.